The fourth-order valence-electron chi connectivity index (χ4n) is 3.45. The lowest BCUT2D eigenvalue weighted by Gasteiger charge is -2.33. The van der Waals surface area contributed by atoms with Crippen molar-refractivity contribution in [1.29, 1.82) is 0 Å². The summed E-state index contributed by atoms with van der Waals surface area (Å²) in [6.45, 7) is 3.17. The van der Waals surface area contributed by atoms with Crippen LogP contribution in [0.15, 0.2) is 59.0 Å². The second-order valence-electron chi connectivity index (χ2n) is 6.72. The van der Waals surface area contributed by atoms with Crippen LogP contribution in [0.1, 0.15) is 31.6 Å². The first-order valence-electron chi connectivity index (χ1n) is 9.06. The van der Waals surface area contributed by atoms with Crippen LogP contribution < -0.4 is 4.74 Å². The summed E-state index contributed by atoms with van der Waals surface area (Å²) in [4.78, 5) is 19.3. The summed E-state index contributed by atoms with van der Waals surface area (Å²) < 4.78 is 11.7. The number of para-hydroxylation sites is 3. The first-order valence-corrected chi connectivity index (χ1v) is 9.06. The molecule has 1 aliphatic rings. The van der Waals surface area contributed by atoms with Gasteiger partial charge in [0.1, 0.15) is 11.3 Å². The Morgan fingerprint density at radius 3 is 2.77 bits per heavy atom. The van der Waals surface area contributed by atoms with Crippen molar-refractivity contribution in [3.63, 3.8) is 0 Å². The Morgan fingerprint density at radius 1 is 1.19 bits per heavy atom. The summed E-state index contributed by atoms with van der Waals surface area (Å²) in [5.74, 6) is 1.57. The number of rotatable bonds is 4. The minimum absolute atomic E-state index is 0.00895. The highest BCUT2D eigenvalue weighted by atomic mass is 16.5. The van der Waals surface area contributed by atoms with Crippen molar-refractivity contribution >= 4 is 17.0 Å². The van der Waals surface area contributed by atoms with Crippen molar-refractivity contribution in [1.82, 2.24) is 9.88 Å². The van der Waals surface area contributed by atoms with E-state index >= 15 is 0 Å². The Kier molecular flexibility index (Phi) is 4.61. The third-order valence-electron chi connectivity index (χ3n) is 4.80. The number of oxazole rings is 1. The van der Waals surface area contributed by atoms with Gasteiger partial charge in [-0.15, -0.1) is 0 Å². The van der Waals surface area contributed by atoms with Gasteiger partial charge in [-0.1, -0.05) is 30.3 Å². The first kappa shape index (κ1) is 16.6. The zero-order chi connectivity index (χ0) is 17.9. The molecule has 2 unspecified atom stereocenters. The van der Waals surface area contributed by atoms with Gasteiger partial charge in [0.2, 0.25) is 0 Å². The second kappa shape index (κ2) is 7.20. The Bertz CT molecular complexity index is 857. The van der Waals surface area contributed by atoms with Gasteiger partial charge in [-0.05, 0) is 44.0 Å². The lowest BCUT2D eigenvalue weighted by molar-refractivity contribution is -0.139. The summed E-state index contributed by atoms with van der Waals surface area (Å²) in [5.41, 5.74) is 1.67. The zero-order valence-electron chi connectivity index (χ0n) is 14.8. The average Bonchev–Trinajstić information content (AvgIpc) is 3.12. The van der Waals surface area contributed by atoms with E-state index in [1.807, 2.05) is 59.5 Å². The Balaban J connectivity index is 1.44. The van der Waals surface area contributed by atoms with Crippen molar-refractivity contribution in [2.24, 2.45) is 0 Å². The molecule has 0 N–H and O–H groups in total. The SMILES string of the molecule is CC(Oc1ccccc1)C(=O)N1CCCC(c2nc3ccccc3o2)C1. The maximum absolute atomic E-state index is 12.8. The van der Waals surface area contributed by atoms with Crippen LogP contribution in [0.25, 0.3) is 11.1 Å². The third kappa shape index (κ3) is 3.43. The molecule has 1 amide bonds. The lowest BCUT2D eigenvalue weighted by atomic mass is 9.97. The number of ether oxygens (including phenoxy) is 1. The number of hydrogen-bond donors (Lipinski definition) is 0. The quantitative estimate of drug-likeness (QED) is 0.714. The molecule has 2 atom stereocenters. The van der Waals surface area contributed by atoms with E-state index in [1.165, 1.54) is 0 Å². The van der Waals surface area contributed by atoms with E-state index < -0.39 is 6.10 Å². The zero-order valence-corrected chi connectivity index (χ0v) is 14.8. The van der Waals surface area contributed by atoms with Gasteiger partial charge in [-0.25, -0.2) is 4.98 Å². The Morgan fingerprint density at radius 2 is 1.96 bits per heavy atom. The number of hydrogen-bond acceptors (Lipinski definition) is 4. The fourth-order valence-corrected chi connectivity index (χ4v) is 3.45. The minimum atomic E-state index is -0.514. The van der Waals surface area contributed by atoms with Crippen molar-refractivity contribution in [2.45, 2.75) is 31.8 Å². The third-order valence-corrected chi connectivity index (χ3v) is 4.80. The summed E-state index contributed by atoms with van der Waals surface area (Å²) in [6.07, 6.45) is 1.40. The van der Waals surface area contributed by atoms with Crippen LogP contribution in [0.5, 0.6) is 5.75 Å². The van der Waals surface area contributed by atoms with Gasteiger partial charge in [-0.3, -0.25) is 4.79 Å². The van der Waals surface area contributed by atoms with Gasteiger partial charge in [-0.2, -0.15) is 0 Å². The predicted octanol–water partition coefficient (Wildman–Crippen LogP) is 4.00. The minimum Gasteiger partial charge on any atom is -0.481 e. The summed E-state index contributed by atoms with van der Waals surface area (Å²) in [5, 5.41) is 0. The monoisotopic (exact) mass is 350 g/mol. The molecule has 26 heavy (non-hydrogen) atoms. The predicted molar refractivity (Wildman–Crippen MR) is 99.1 cm³/mol. The highest BCUT2D eigenvalue weighted by molar-refractivity contribution is 5.81. The smallest absolute Gasteiger partial charge is 0.263 e. The lowest BCUT2D eigenvalue weighted by Crippen LogP contribution is -2.45. The van der Waals surface area contributed by atoms with Crippen molar-refractivity contribution < 1.29 is 13.9 Å². The van der Waals surface area contributed by atoms with Gasteiger partial charge in [0, 0.05) is 13.1 Å². The molecule has 2 heterocycles. The van der Waals surface area contributed by atoms with Crippen LogP contribution in [0, 0.1) is 0 Å². The number of nitrogens with zero attached hydrogens (tertiary/aromatic N) is 2. The molecule has 1 saturated heterocycles. The van der Waals surface area contributed by atoms with Gasteiger partial charge in [0.15, 0.2) is 17.6 Å². The van der Waals surface area contributed by atoms with E-state index in [1.54, 1.807) is 6.92 Å². The number of amides is 1. The molecule has 1 aromatic heterocycles. The topological polar surface area (TPSA) is 55.6 Å². The number of carbonyl (C=O) groups excluding carboxylic acids is 1. The van der Waals surface area contributed by atoms with Gasteiger partial charge in [0.25, 0.3) is 5.91 Å². The first-order chi connectivity index (χ1) is 12.7. The number of piperidine rings is 1. The van der Waals surface area contributed by atoms with Crippen LogP contribution in [0.2, 0.25) is 0 Å². The van der Waals surface area contributed by atoms with Gasteiger partial charge < -0.3 is 14.1 Å². The van der Waals surface area contributed by atoms with Crippen LogP contribution in [-0.2, 0) is 4.79 Å². The average molecular weight is 350 g/mol. The molecule has 0 spiro atoms. The van der Waals surface area contributed by atoms with Crippen LogP contribution >= 0.6 is 0 Å². The summed E-state index contributed by atoms with van der Waals surface area (Å²) in [7, 11) is 0. The molecule has 134 valence electrons. The van der Waals surface area contributed by atoms with E-state index in [9.17, 15) is 4.79 Å². The van der Waals surface area contributed by atoms with Crippen molar-refractivity contribution in [3.8, 4) is 5.75 Å². The molecule has 0 aliphatic carbocycles. The molecule has 1 fully saturated rings. The highest BCUT2D eigenvalue weighted by Gasteiger charge is 2.30. The molecule has 3 aromatic rings. The number of likely N-dealkylation sites (tertiary alicyclic amines) is 1. The van der Waals surface area contributed by atoms with Gasteiger partial charge >= 0.3 is 0 Å². The molecule has 5 nitrogen and oxygen atoms in total. The Labute approximate surface area is 152 Å². The highest BCUT2D eigenvalue weighted by Crippen LogP contribution is 2.29. The molecule has 0 saturated carbocycles. The molecule has 1 aliphatic heterocycles. The van der Waals surface area contributed by atoms with Crippen LogP contribution in [0.3, 0.4) is 0 Å². The van der Waals surface area contributed by atoms with Crippen LogP contribution in [-0.4, -0.2) is 35.0 Å². The summed E-state index contributed by atoms with van der Waals surface area (Å²) >= 11 is 0. The number of benzene rings is 2. The fraction of sp³-hybridized carbons (Fsp3) is 0.333. The number of carbonyl (C=O) groups is 1. The molecular formula is C21H22N2O3. The van der Waals surface area contributed by atoms with Crippen LogP contribution in [0.4, 0.5) is 0 Å². The number of fused-ring (bicyclic) bond motifs is 1. The maximum atomic E-state index is 12.8. The van der Waals surface area contributed by atoms with Crippen molar-refractivity contribution in [2.75, 3.05) is 13.1 Å². The molecule has 2 aromatic carbocycles. The van der Waals surface area contributed by atoms with Gasteiger partial charge in [0.05, 0.1) is 5.92 Å². The van der Waals surface area contributed by atoms with E-state index in [-0.39, 0.29) is 11.8 Å². The van der Waals surface area contributed by atoms with E-state index in [4.69, 9.17) is 9.15 Å². The van der Waals surface area contributed by atoms with E-state index in [2.05, 4.69) is 4.98 Å². The molecular weight excluding hydrogens is 328 g/mol. The van der Waals surface area contributed by atoms with Crippen molar-refractivity contribution in [3.05, 3.63) is 60.5 Å². The molecule has 4 rings (SSSR count). The van der Waals surface area contributed by atoms with E-state index in [0.29, 0.717) is 12.3 Å². The normalized spacial score (nSPS) is 18.7. The summed E-state index contributed by atoms with van der Waals surface area (Å²) in [6, 6.07) is 17.2. The molecule has 5 heteroatoms. The Hall–Kier alpha value is -2.82. The molecule has 0 bridgehead atoms. The molecule has 0 radical (unpaired) electrons. The second-order valence-corrected chi connectivity index (χ2v) is 6.72. The standard InChI is InChI=1S/C21H22N2O3/c1-15(25-17-9-3-2-4-10-17)21(24)23-13-7-8-16(14-23)20-22-18-11-5-6-12-19(18)26-20/h2-6,9-12,15-16H,7-8,13-14H2,1H3. The largest absolute Gasteiger partial charge is 0.481 e. The maximum Gasteiger partial charge on any atom is 0.263 e. The number of aromatic nitrogens is 1. The van der Waals surface area contributed by atoms with E-state index in [0.717, 1.165) is 36.4 Å².